The highest BCUT2D eigenvalue weighted by Crippen LogP contribution is 2.36. The normalized spacial score (nSPS) is 13.1. The van der Waals surface area contributed by atoms with Crippen LogP contribution in [0.15, 0.2) is 24.4 Å². The number of carbonyl (C=O) groups is 1. The van der Waals surface area contributed by atoms with Crippen molar-refractivity contribution in [3.8, 4) is 11.4 Å². The van der Waals surface area contributed by atoms with Gasteiger partial charge in [-0.05, 0) is 36.1 Å². The van der Waals surface area contributed by atoms with Crippen LogP contribution < -0.4 is 5.32 Å². The van der Waals surface area contributed by atoms with Gasteiger partial charge in [-0.3, -0.25) is 9.89 Å². The van der Waals surface area contributed by atoms with Gasteiger partial charge in [-0.2, -0.15) is 5.10 Å². The first-order valence-corrected chi connectivity index (χ1v) is 6.67. The monoisotopic (exact) mass is 266 g/mol. The molecule has 3 aromatic rings. The molecule has 0 bridgehead atoms. The van der Waals surface area contributed by atoms with Crippen molar-refractivity contribution in [1.82, 2.24) is 15.2 Å². The Balaban J connectivity index is 1.90. The Kier molecular flexibility index (Phi) is 2.24. The predicted octanol–water partition coefficient (Wildman–Crippen LogP) is 2.62. The molecule has 1 amide bonds. The van der Waals surface area contributed by atoms with Crippen LogP contribution in [0.2, 0.25) is 0 Å². The number of hydrogen-bond donors (Lipinski definition) is 3. The fraction of sp³-hybridized carbons (Fsp3) is 0.200. The molecule has 2 heterocycles. The van der Waals surface area contributed by atoms with Crippen LogP contribution >= 0.6 is 0 Å². The second-order valence-electron chi connectivity index (χ2n) is 5.19. The summed E-state index contributed by atoms with van der Waals surface area (Å²) in [5.74, 6) is -0.0588. The minimum Gasteiger partial charge on any atom is -0.353 e. The van der Waals surface area contributed by atoms with E-state index >= 15 is 0 Å². The van der Waals surface area contributed by atoms with E-state index in [1.807, 2.05) is 18.3 Å². The second kappa shape index (κ2) is 3.96. The molecule has 100 valence electrons. The summed E-state index contributed by atoms with van der Waals surface area (Å²) >= 11 is 0. The van der Waals surface area contributed by atoms with Gasteiger partial charge in [0, 0.05) is 23.5 Å². The number of aromatic amines is 2. The average molecular weight is 266 g/mol. The largest absolute Gasteiger partial charge is 0.353 e. The van der Waals surface area contributed by atoms with E-state index < -0.39 is 0 Å². The first-order valence-electron chi connectivity index (χ1n) is 6.67. The Morgan fingerprint density at radius 3 is 3.05 bits per heavy atom. The zero-order valence-corrected chi connectivity index (χ0v) is 11.1. The third kappa shape index (κ3) is 1.56. The summed E-state index contributed by atoms with van der Waals surface area (Å²) in [6.45, 7) is 1.51. The van der Waals surface area contributed by atoms with E-state index in [1.54, 1.807) is 0 Å². The lowest BCUT2D eigenvalue weighted by Gasteiger charge is -2.11. The predicted molar refractivity (Wildman–Crippen MR) is 77.6 cm³/mol. The number of nitrogens with one attached hydrogen (secondary N) is 3. The topological polar surface area (TPSA) is 73.6 Å². The molecule has 0 atom stereocenters. The summed E-state index contributed by atoms with van der Waals surface area (Å²) < 4.78 is 0. The third-order valence-electron chi connectivity index (χ3n) is 3.84. The van der Waals surface area contributed by atoms with Crippen LogP contribution in [0.25, 0.3) is 22.3 Å². The molecule has 0 aliphatic heterocycles. The molecule has 5 nitrogen and oxygen atoms in total. The summed E-state index contributed by atoms with van der Waals surface area (Å²) in [6, 6.07) is 5.99. The molecule has 4 rings (SSSR count). The number of anilines is 1. The van der Waals surface area contributed by atoms with E-state index in [1.165, 1.54) is 23.4 Å². The number of carbonyl (C=O) groups excluding carboxylic acids is 1. The zero-order chi connectivity index (χ0) is 13.7. The van der Waals surface area contributed by atoms with Gasteiger partial charge in [0.25, 0.3) is 0 Å². The van der Waals surface area contributed by atoms with Crippen molar-refractivity contribution in [2.45, 2.75) is 19.8 Å². The van der Waals surface area contributed by atoms with Crippen LogP contribution in [0, 0.1) is 0 Å². The van der Waals surface area contributed by atoms with Crippen LogP contribution in [-0.2, 0) is 17.6 Å². The molecule has 1 aromatic carbocycles. The molecule has 0 radical (unpaired) electrons. The number of amides is 1. The molecule has 0 fully saturated rings. The number of aromatic nitrogens is 3. The van der Waals surface area contributed by atoms with E-state index in [-0.39, 0.29) is 5.91 Å². The van der Waals surface area contributed by atoms with Crippen molar-refractivity contribution in [3.63, 3.8) is 0 Å². The summed E-state index contributed by atoms with van der Waals surface area (Å²) in [7, 11) is 0. The fourth-order valence-electron chi connectivity index (χ4n) is 2.99. The number of aryl methyl sites for hydroxylation is 2. The van der Waals surface area contributed by atoms with Gasteiger partial charge in [0.2, 0.25) is 5.91 Å². The minimum absolute atomic E-state index is 0.0588. The van der Waals surface area contributed by atoms with Crippen LogP contribution in [-0.4, -0.2) is 21.1 Å². The number of nitrogens with zero attached hydrogens (tertiary/aromatic N) is 1. The molecule has 0 unspecified atom stereocenters. The van der Waals surface area contributed by atoms with E-state index in [4.69, 9.17) is 0 Å². The number of hydrogen-bond acceptors (Lipinski definition) is 2. The average Bonchev–Trinajstić information content (AvgIpc) is 3.00. The highest BCUT2D eigenvalue weighted by Gasteiger charge is 2.22. The molecule has 1 aliphatic rings. The number of benzene rings is 1. The number of rotatable bonds is 1. The van der Waals surface area contributed by atoms with Crippen LogP contribution in [0.4, 0.5) is 5.69 Å². The SMILES string of the molecule is CC(=O)Nc1ccc2c3c([nH]c2c1)-c1[nH]ncc1CC3. The van der Waals surface area contributed by atoms with Crippen molar-refractivity contribution in [2.75, 3.05) is 5.32 Å². The molecule has 0 spiro atoms. The maximum Gasteiger partial charge on any atom is 0.221 e. The first kappa shape index (κ1) is 11.3. The lowest BCUT2D eigenvalue weighted by atomic mass is 9.94. The molecule has 0 saturated heterocycles. The quantitative estimate of drug-likeness (QED) is 0.633. The third-order valence-corrected chi connectivity index (χ3v) is 3.84. The van der Waals surface area contributed by atoms with Gasteiger partial charge in [0.15, 0.2) is 0 Å². The van der Waals surface area contributed by atoms with Crippen molar-refractivity contribution < 1.29 is 4.79 Å². The van der Waals surface area contributed by atoms with Crippen molar-refractivity contribution in [3.05, 3.63) is 35.5 Å². The second-order valence-corrected chi connectivity index (χ2v) is 5.19. The molecule has 0 saturated carbocycles. The maximum atomic E-state index is 11.1. The van der Waals surface area contributed by atoms with Gasteiger partial charge >= 0.3 is 0 Å². The first-order chi connectivity index (χ1) is 9.72. The number of H-pyrrole nitrogens is 2. The summed E-state index contributed by atoms with van der Waals surface area (Å²) in [5.41, 5.74) is 6.65. The minimum atomic E-state index is -0.0588. The Labute approximate surface area is 115 Å². The van der Waals surface area contributed by atoms with E-state index in [0.717, 1.165) is 35.4 Å². The standard InChI is InChI=1S/C15H14N4O/c1-8(20)17-10-3-5-11-12-4-2-9-7-16-19-14(9)15(12)18-13(11)6-10/h3,5-7,18H,2,4H2,1H3,(H,16,19)(H,17,20). The maximum absolute atomic E-state index is 11.1. The van der Waals surface area contributed by atoms with Gasteiger partial charge in [-0.1, -0.05) is 6.07 Å². The van der Waals surface area contributed by atoms with Crippen LogP contribution in [0.5, 0.6) is 0 Å². The lowest BCUT2D eigenvalue weighted by molar-refractivity contribution is -0.114. The van der Waals surface area contributed by atoms with Crippen molar-refractivity contribution >= 4 is 22.5 Å². The van der Waals surface area contributed by atoms with Crippen LogP contribution in [0.3, 0.4) is 0 Å². The molecule has 3 N–H and O–H groups in total. The van der Waals surface area contributed by atoms with E-state index in [9.17, 15) is 4.79 Å². The van der Waals surface area contributed by atoms with E-state index in [0.29, 0.717) is 0 Å². The summed E-state index contributed by atoms with van der Waals surface area (Å²) in [6.07, 6.45) is 3.92. The molecule has 5 heteroatoms. The summed E-state index contributed by atoms with van der Waals surface area (Å²) in [4.78, 5) is 14.6. The van der Waals surface area contributed by atoms with Crippen molar-refractivity contribution in [2.24, 2.45) is 0 Å². The Bertz CT molecular complexity index is 828. The molecule has 1 aliphatic carbocycles. The molecular formula is C15H14N4O. The van der Waals surface area contributed by atoms with Gasteiger partial charge in [-0.25, -0.2) is 0 Å². The van der Waals surface area contributed by atoms with E-state index in [2.05, 4.69) is 26.6 Å². The Morgan fingerprint density at radius 2 is 2.20 bits per heavy atom. The van der Waals surface area contributed by atoms with Crippen molar-refractivity contribution in [1.29, 1.82) is 0 Å². The van der Waals surface area contributed by atoms with Gasteiger partial charge < -0.3 is 10.3 Å². The summed E-state index contributed by atoms with van der Waals surface area (Å²) in [5, 5.41) is 11.2. The highest BCUT2D eigenvalue weighted by molar-refractivity contribution is 5.96. The van der Waals surface area contributed by atoms with Gasteiger partial charge in [-0.15, -0.1) is 0 Å². The lowest BCUT2D eigenvalue weighted by Crippen LogP contribution is -2.05. The molecule has 2 aromatic heterocycles. The Morgan fingerprint density at radius 1 is 1.30 bits per heavy atom. The highest BCUT2D eigenvalue weighted by atomic mass is 16.1. The zero-order valence-electron chi connectivity index (χ0n) is 11.1. The Hall–Kier alpha value is -2.56. The fourth-order valence-corrected chi connectivity index (χ4v) is 2.99. The number of fused-ring (bicyclic) bond motifs is 5. The van der Waals surface area contributed by atoms with Crippen LogP contribution in [0.1, 0.15) is 18.1 Å². The molecule has 20 heavy (non-hydrogen) atoms. The van der Waals surface area contributed by atoms with Gasteiger partial charge in [0.1, 0.15) is 0 Å². The smallest absolute Gasteiger partial charge is 0.221 e. The molecular weight excluding hydrogens is 252 g/mol. The van der Waals surface area contributed by atoms with Gasteiger partial charge in [0.05, 0.1) is 17.6 Å².